The summed E-state index contributed by atoms with van der Waals surface area (Å²) in [5, 5.41) is 12.3. The molecule has 7 heteroatoms. The Balaban J connectivity index is 1.82. The summed E-state index contributed by atoms with van der Waals surface area (Å²) in [6, 6.07) is 17.9. The number of hydrogen-bond acceptors (Lipinski definition) is 6. The van der Waals surface area contributed by atoms with E-state index < -0.39 is 0 Å². The Hall–Kier alpha value is -3.84. The van der Waals surface area contributed by atoms with E-state index >= 15 is 0 Å². The van der Waals surface area contributed by atoms with E-state index in [9.17, 15) is 9.90 Å². The summed E-state index contributed by atoms with van der Waals surface area (Å²) >= 11 is 0. The zero-order valence-corrected chi connectivity index (χ0v) is 18.2. The number of methoxy groups -OCH3 is 1. The zero-order chi connectivity index (χ0) is 22.7. The van der Waals surface area contributed by atoms with Crippen molar-refractivity contribution in [2.24, 2.45) is 4.99 Å². The molecule has 2 aromatic heterocycles. The minimum absolute atomic E-state index is 0.0565. The number of benzene rings is 2. The van der Waals surface area contributed by atoms with Gasteiger partial charge in [0.15, 0.2) is 0 Å². The van der Waals surface area contributed by atoms with Gasteiger partial charge in [-0.15, -0.1) is 0 Å². The molecule has 0 amide bonds. The highest BCUT2D eigenvalue weighted by molar-refractivity contribution is 6.01. The molecule has 1 N–H and O–H groups in total. The van der Waals surface area contributed by atoms with E-state index in [0.29, 0.717) is 34.3 Å². The zero-order valence-electron chi connectivity index (χ0n) is 18.2. The van der Waals surface area contributed by atoms with E-state index in [2.05, 4.69) is 4.99 Å². The van der Waals surface area contributed by atoms with Gasteiger partial charge in [-0.1, -0.05) is 24.3 Å². The number of likely N-dealkylation sites (N-methyl/N-ethyl adjacent to an activating group) is 1. The van der Waals surface area contributed by atoms with Gasteiger partial charge in [-0.2, -0.15) is 0 Å². The molecule has 0 spiro atoms. The summed E-state index contributed by atoms with van der Waals surface area (Å²) in [4.78, 5) is 19.8. The summed E-state index contributed by atoms with van der Waals surface area (Å²) in [5.74, 6) is 1.22. The fourth-order valence-electron chi connectivity index (χ4n) is 3.71. The molecule has 164 valence electrons. The Labute approximate surface area is 185 Å². The van der Waals surface area contributed by atoms with Gasteiger partial charge in [0.2, 0.25) is 5.88 Å². The molecular formula is C25H25N3O4. The number of aromatic hydroxyl groups is 1. The second-order valence-corrected chi connectivity index (χ2v) is 7.61. The van der Waals surface area contributed by atoms with Crippen LogP contribution in [0.2, 0.25) is 0 Å². The number of nitrogens with zero attached hydrogens (tertiary/aromatic N) is 3. The van der Waals surface area contributed by atoms with E-state index in [1.165, 1.54) is 4.57 Å². The van der Waals surface area contributed by atoms with Crippen LogP contribution in [-0.4, -0.2) is 48.5 Å². The van der Waals surface area contributed by atoms with E-state index in [4.69, 9.17) is 9.15 Å². The van der Waals surface area contributed by atoms with Crippen molar-refractivity contribution in [3.8, 4) is 17.3 Å². The lowest BCUT2D eigenvalue weighted by molar-refractivity contribution is 0.265. The lowest BCUT2D eigenvalue weighted by atomic mass is 10.1. The first-order valence-corrected chi connectivity index (χ1v) is 10.2. The first-order chi connectivity index (χ1) is 15.5. The second kappa shape index (κ2) is 9.11. The summed E-state index contributed by atoms with van der Waals surface area (Å²) in [5.41, 5.74) is 0.666. The van der Waals surface area contributed by atoms with E-state index in [1.807, 2.05) is 43.3 Å². The first-order valence-electron chi connectivity index (χ1n) is 10.2. The number of furan rings is 1. The van der Waals surface area contributed by atoms with E-state index in [0.717, 1.165) is 5.76 Å². The van der Waals surface area contributed by atoms with Gasteiger partial charge < -0.3 is 14.3 Å². The van der Waals surface area contributed by atoms with Gasteiger partial charge in [0.1, 0.15) is 11.5 Å². The fourth-order valence-corrected chi connectivity index (χ4v) is 3.71. The Morgan fingerprint density at radius 2 is 1.91 bits per heavy atom. The average molecular weight is 431 g/mol. The van der Waals surface area contributed by atoms with Crippen molar-refractivity contribution in [1.82, 2.24) is 9.47 Å². The largest absolute Gasteiger partial charge is 0.497 e. The summed E-state index contributed by atoms with van der Waals surface area (Å²) in [6.45, 7) is 0.423. The van der Waals surface area contributed by atoms with Crippen LogP contribution in [0.3, 0.4) is 0 Å². The predicted molar refractivity (Wildman–Crippen MR) is 125 cm³/mol. The molecule has 0 aliphatic carbocycles. The smallest absolute Gasteiger partial charge is 0.265 e. The highest BCUT2D eigenvalue weighted by Crippen LogP contribution is 2.27. The van der Waals surface area contributed by atoms with Crippen LogP contribution in [-0.2, 0) is 0 Å². The number of hydrogen-bond donors (Lipinski definition) is 1. The molecule has 0 unspecified atom stereocenters. The van der Waals surface area contributed by atoms with Crippen LogP contribution in [0.4, 0.5) is 0 Å². The molecule has 4 rings (SSSR count). The molecule has 0 fully saturated rings. The Morgan fingerprint density at radius 1 is 1.12 bits per heavy atom. The third-order valence-corrected chi connectivity index (χ3v) is 5.41. The molecule has 32 heavy (non-hydrogen) atoms. The highest BCUT2D eigenvalue weighted by Gasteiger charge is 2.18. The SMILES string of the molecule is COc1cccc(-n2c(O)c(C=NC[C@H](c3ccco3)N(C)C)c3ccccc3c2=O)c1. The van der Waals surface area contributed by atoms with Crippen LogP contribution in [0.1, 0.15) is 17.4 Å². The number of fused-ring (bicyclic) bond motifs is 1. The molecule has 0 bridgehead atoms. The van der Waals surface area contributed by atoms with Crippen LogP contribution in [0, 0.1) is 0 Å². The standard InChI is InChI=1S/C25H25N3O4/c1-27(2)22(23-12-7-13-32-23)16-26-15-21-19-10-4-5-11-20(19)24(29)28(25(21)30)17-8-6-9-18(14-17)31-3/h4-15,22,30H,16H2,1-3H3/t22-/m1/s1. The molecule has 2 aromatic carbocycles. The second-order valence-electron chi connectivity index (χ2n) is 7.61. The van der Waals surface area contributed by atoms with Gasteiger partial charge >= 0.3 is 0 Å². The molecule has 7 nitrogen and oxygen atoms in total. The molecule has 0 aliphatic rings. The van der Waals surface area contributed by atoms with Crippen molar-refractivity contribution in [3.05, 3.63) is 88.6 Å². The van der Waals surface area contributed by atoms with Gasteiger partial charge in [0, 0.05) is 23.1 Å². The molecule has 1 atom stereocenters. The summed E-state index contributed by atoms with van der Waals surface area (Å²) in [6.07, 6.45) is 3.26. The predicted octanol–water partition coefficient (Wildman–Crippen LogP) is 4.02. The third kappa shape index (κ3) is 4.02. The number of rotatable bonds is 7. The Kier molecular flexibility index (Phi) is 6.09. The van der Waals surface area contributed by atoms with Gasteiger partial charge in [-0.25, -0.2) is 4.57 Å². The van der Waals surface area contributed by atoms with Crippen LogP contribution in [0.25, 0.3) is 16.5 Å². The molecule has 0 saturated heterocycles. The normalized spacial score (nSPS) is 12.6. The van der Waals surface area contributed by atoms with Crippen molar-refractivity contribution in [1.29, 1.82) is 0 Å². The number of ether oxygens (including phenoxy) is 1. The van der Waals surface area contributed by atoms with Gasteiger partial charge in [-0.05, 0) is 44.4 Å². The van der Waals surface area contributed by atoms with Crippen molar-refractivity contribution >= 4 is 17.0 Å². The monoisotopic (exact) mass is 431 g/mol. The van der Waals surface area contributed by atoms with Crippen molar-refractivity contribution in [2.75, 3.05) is 27.7 Å². The Bertz CT molecular complexity index is 1310. The first kappa shape index (κ1) is 21.4. The molecular weight excluding hydrogens is 406 g/mol. The minimum atomic E-state index is -0.315. The molecule has 0 saturated carbocycles. The number of aliphatic imine (C=N–C) groups is 1. The molecule has 0 aliphatic heterocycles. The Morgan fingerprint density at radius 3 is 2.59 bits per heavy atom. The van der Waals surface area contributed by atoms with Gasteiger partial charge in [0.25, 0.3) is 5.56 Å². The maximum Gasteiger partial charge on any atom is 0.265 e. The maximum atomic E-state index is 13.2. The quantitative estimate of drug-likeness (QED) is 0.447. The van der Waals surface area contributed by atoms with Gasteiger partial charge in [0.05, 0.1) is 37.2 Å². The van der Waals surface area contributed by atoms with Crippen LogP contribution < -0.4 is 10.3 Å². The highest BCUT2D eigenvalue weighted by atomic mass is 16.5. The van der Waals surface area contributed by atoms with Crippen molar-refractivity contribution in [2.45, 2.75) is 6.04 Å². The van der Waals surface area contributed by atoms with Gasteiger partial charge in [-0.3, -0.25) is 14.7 Å². The fraction of sp³-hybridized carbons (Fsp3) is 0.200. The third-order valence-electron chi connectivity index (χ3n) is 5.41. The van der Waals surface area contributed by atoms with Crippen LogP contribution >= 0.6 is 0 Å². The lowest BCUT2D eigenvalue weighted by Gasteiger charge is -2.20. The molecule has 4 aromatic rings. The minimum Gasteiger partial charge on any atom is -0.497 e. The van der Waals surface area contributed by atoms with Crippen molar-refractivity contribution in [3.63, 3.8) is 0 Å². The van der Waals surface area contributed by atoms with Crippen LogP contribution in [0.15, 0.2) is 81.1 Å². The van der Waals surface area contributed by atoms with Crippen LogP contribution in [0.5, 0.6) is 11.6 Å². The molecule has 2 heterocycles. The number of aromatic nitrogens is 1. The van der Waals surface area contributed by atoms with E-state index in [1.54, 1.807) is 56.0 Å². The van der Waals surface area contributed by atoms with Crippen molar-refractivity contribution < 1.29 is 14.3 Å². The summed E-state index contributed by atoms with van der Waals surface area (Å²) < 4.78 is 12.1. The summed E-state index contributed by atoms with van der Waals surface area (Å²) in [7, 11) is 5.47. The molecule has 0 radical (unpaired) electrons. The number of pyridine rings is 1. The maximum absolute atomic E-state index is 13.2. The average Bonchev–Trinajstić information content (AvgIpc) is 3.33. The topological polar surface area (TPSA) is 80.2 Å². The van der Waals surface area contributed by atoms with E-state index in [-0.39, 0.29) is 17.5 Å². The lowest BCUT2D eigenvalue weighted by Crippen LogP contribution is -2.22.